The molecule has 2 heterocycles. The standard InChI is InChI=1S/C27H29N3O3/c31-26-16-23(19-30(26)25-11-5-9-20-6-3-4-10-24(20)25)27(32)28-17-21-7-1-2-8-22(21)18-29-12-14-33-15-13-29/h1-11,23H,12-19H2,(H,28,32). The third-order valence-corrected chi connectivity index (χ3v) is 6.62. The highest BCUT2D eigenvalue weighted by atomic mass is 16.5. The lowest BCUT2D eigenvalue weighted by Gasteiger charge is -2.27. The third kappa shape index (κ3) is 4.77. The highest BCUT2D eigenvalue weighted by Crippen LogP contribution is 2.31. The molecule has 1 unspecified atom stereocenters. The first-order chi connectivity index (χ1) is 16.2. The van der Waals surface area contributed by atoms with Crippen LogP contribution in [0.1, 0.15) is 17.5 Å². The molecule has 6 heteroatoms. The van der Waals surface area contributed by atoms with E-state index in [0.717, 1.165) is 54.9 Å². The molecular formula is C27H29N3O3. The number of amides is 2. The molecule has 2 fully saturated rings. The van der Waals surface area contributed by atoms with E-state index in [4.69, 9.17) is 4.74 Å². The predicted octanol–water partition coefficient (Wildman–Crippen LogP) is 3.34. The second-order valence-electron chi connectivity index (χ2n) is 8.78. The molecule has 0 radical (unpaired) electrons. The van der Waals surface area contributed by atoms with Gasteiger partial charge in [0.25, 0.3) is 0 Å². The van der Waals surface area contributed by atoms with E-state index in [1.807, 2.05) is 54.6 Å². The summed E-state index contributed by atoms with van der Waals surface area (Å²) in [5.41, 5.74) is 3.22. The number of fused-ring (bicyclic) bond motifs is 1. The van der Waals surface area contributed by atoms with Crippen LogP contribution in [0.15, 0.2) is 66.7 Å². The highest BCUT2D eigenvalue weighted by molar-refractivity contribution is 6.06. The van der Waals surface area contributed by atoms with E-state index < -0.39 is 0 Å². The first-order valence-electron chi connectivity index (χ1n) is 11.6. The van der Waals surface area contributed by atoms with Crippen molar-refractivity contribution in [3.63, 3.8) is 0 Å². The maximum atomic E-state index is 13.0. The van der Waals surface area contributed by atoms with Crippen molar-refractivity contribution in [1.29, 1.82) is 0 Å². The Balaban J connectivity index is 1.24. The van der Waals surface area contributed by atoms with Gasteiger partial charge in [0.1, 0.15) is 0 Å². The summed E-state index contributed by atoms with van der Waals surface area (Å²) < 4.78 is 5.45. The van der Waals surface area contributed by atoms with Gasteiger partial charge < -0.3 is 15.0 Å². The van der Waals surface area contributed by atoms with Gasteiger partial charge in [-0.25, -0.2) is 0 Å². The first-order valence-corrected chi connectivity index (χ1v) is 11.6. The molecule has 0 aliphatic carbocycles. The van der Waals surface area contributed by atoms with Gasteiger partial charge in [-0.3, -0.25) is 14.5 Å². The van der Waals surface area contributed by atoms with E-state index in [0.29, 0.717) is 13.1 Å². The lowest BCUT2D eigenvalue weighted by Crippen LogP contribution is -2.36. The van der Waals surface area contributed by atoms with Crippen LogP contribution in [0.3, 0.4) is 0 Å². The average molecular weight is 444 g/mol. The Kier molecular flexibility index (Phi) is 6.37. The monoisotopic (exact) mass is 443 g/mol. The molecule has 170 valence electrons. The van der Waals surface area contributed by atoms with Crippen molar-refractivity contribution >= 4 is 28.3 Å². The van der Waals surface area contributed by atoms with Gasteiger partial charge in [0, 0.05) is 44.5 Å². The van der Waals surface area contributed by atoms with Crippen molar-refractivity contribution in [3.8, 4) is 0 Å². The minimum Gasteiger partial charge on any atom is -0.379 e. The smallest absolute Gasteiger partial charge is 0.227 e. The number of carbonyl (C=O) groups is 2. The summed E-state index contributed by atoms with van der Waals surface area (Å²) in [5, 5.41) is 5.21. The fourth-order valence-corrected chi connectivity index (χ4v) is 4.77. The fraction of sp³-hybridized carbons (Fsp3) is 0.333. The number of ether oxygens (including phenoxy) is 1. The van der Waals surface area contributed by atoms with Crippen LogP contribution in [0.2, 0.25) is 0 Å². The summed E-state index contributed by atoms with van der Waals surface area (Å²) in [7, 11) is 0. The predicted molar refractivity (Wildman–Crippen MR) is 129 cm³/mol. The summed E-state index contributed by atoms with van der Waals surface area (Å²) in [5.74, 6) is -0.408. The number of nitrogens with one attached hydrogen (secondary N) is 1. The van der Waals surface area contributed by atoms with Gasteiger partial charge in [0.2, 0.25) is 11.8 Å². The van der Waals surface area contributed by atoms with Crippen LogP contribution in [-0.4, -0.2) is 49.6 Å². The lowest BCUT2D eigenvalue weighted by molar-refractivity contribution is -0.126. The van der Waals surface area contributed by atoms with Crippen molar-refractivity contribution in [2.45, 2.75) is 19.5 Å². The average Bonchev–Trinajstić information content (AvgIpc) is 3.25. The molecule has 2 aliphatic heterocycles. The van der Waals surface area contributed by atoms with Crippen LogP contribution in [0.25, 0.3) is 10.8 Å². The molecule has 3 aromatic carbocycles. The number of anilines is 1. The Morgan fingerprint density at radius 2 is 1.67 bits per heavy atom. The van der Waals surface area contributed by atoms with E-state index in [-0.39, 0.29) is 24.2 Å². The Bertz CT molecular complexity index is 1150. The van der Waals surface area contributed by atoms with E-state index in [2.05, 4.69) is 22.3 Å². The quantitative estimate of drug-likeness (QED) is 0.635. The van der Waals surface area contributed by atoms with Gasteiger partial charge in [-0.15, -0.1) is 0 Å². The van der Waals surface area contributed by atoms with E-state index in [1.165, 1.54) is 5.56 Å². The van der Waals surface area contributed by atoms with E-state index >= 15 is 0 Å². The number of benzene rings is 3. The van der Waals surface area contributed by atoms with E-state index in [9.17, 15) is 9.59 Å². The van der Waals surface area contributed by atoms with Crippen molar-refractivity contribution in [2.24, 2.45) is 5.92 Å². The number of rotatable bonds is 6. The van der Waals surface area contributed by atoms with Gasteiger partial charge in [-0.1, -0.05) is 60.7 Å². The fourth-order valence-electron chi connectivity index (χ4n) is 4.77. The summed E-state index contributed by atoms with van der Waals surface area (Å²) >= 11 is 0. The molecule has 2 amide bonds. The molecule has 5 rings (SSSR count). The van der Waals surface area contributed by atoms with Crippen LogP contribution in [-0.2, 0) is 27.4 Å². The minimum absolute atomic E-state index is 0.000722. The second-order valence-corrected chi connectivity index (χ2v) is 8.78. The summed E-state index contributed by atoms with van der Waals surface area (Å²) in [6.45, 7) is 5.12. The van der Waals surface area contributed by atoms with Crippen LogP contribution in [0.5, 0.6) is 0 Å². The van der Waals surface area contributed by atoms with Gasteiger partial charge in [-0.05, 0) is 22.6 Å². The Hall–Kier alpha value is -3.22. The Morgan fingerprint density at radius 1 is 0.939 bits per heavy atom. The second kappa shape index (κ2) is 9.73. The van der Waals surface area contributed by atoms with Crippen LogP contribution in [0, 0.1) is 5.92 Å². The number of morpholine rings is 1. The van der Waals surface area contributed by atoms with Crippen LogP contribution < -0.4 is 10.2 Å². The van der Waals surface area contributed by atoms with Crippen molar-refractivity contribution in [2.75, 3.05) is 37.7 Å². The molecule has 2 saturated heterocycles. The van der Waals surface area contributed by atoms with Gasteiger partial charge in [0.05, 0.1) is 24.8 Å². The van der Waals surface area contributed by atoms with Gasteiger partial charge in [0.15, 0.2) is 0 Å². The molecule has 6 nitrogen and oxygen atoms in total. The number of nitrogens with zero attached hydrogens (tertiary/aromatic N) is 2. The third-order valence-electron chi connectivity index (χ3n) is 6.62. The molecule has 0 aromatic heterocycles. The minimum atomic E-state index is -0.345. The summed E-state index contributed by atoms with van der Waals surface area (Å²) in [6, 6.07) is 22.2. The van der Waals surface area contributed by atoms with Crippen molar-refractivity contribution < 1.29 is 14.3 Å². The number of hydrogen-bond acceptors (Lipinski definition) is 4. The maximum Gasteiger partial charge on any atom is 0.227 e. The summed E-state index contributed by atoms with van der Waals surface area (Å²) in [4.78, 5) is 29.9. The zero-order valence-electron chi connectivity index (χ0n) is 18.7. The molecular weight excluding hydrogens is 414 g/mol. The molecule has 0 spiro atoms. The normalized spacial score (nSPS) is 19.2. The molecule has 3 aromatic rings. The number of hydrogen-bond donors (Lipinski definition) is 1. The molecule has 1 N–H and O–H groups in total. The zero-order chi connectivity index (χ0) is 22.6. The van der Waals surface area contributed by atoms with E-state index in [1.54, 1.807) is 4.90 Å². The van der Waals surface area contributed by atoms with Crippen LogP contribution in [0.4, 0.5) is 5.69 Å². The highest BCUT2D eigenvalue weighted by Gasteiger charge is 2.35. The van der Waals surface area contributed by atoms with Gasteiger partial charge in [-0.2, -0.15) is 0 Å². The molecule has 0 bridgehead atoms. The zero-order valence-corrected chi connectivity index (χ0v) is 18.7. The maximum absolute atomic E-state index is 13.0. The number of carbonyl (C=O) groups excluding carboxylic acids is 2. The first kappa shape index (κ1) is 21.6. The molecule has 0 saturated carbocycles. The van der Waals surface area contributed by atoms with Gasteiger partial charge >= 0.3 is 0 Å². The lowest BCUT2D eigenvalue weighted by atomic mass is 10.1. The Morgan fingerprint density at radius 3 is 2.52 bits per heavy atom. The molecule has 33 heavy (non-hydrogen) atoms. The molecule has 1 atom stereocenters. The summed E-state index contributed by atoms with van der Waals surface area (Å²) in [6.07, 6.45) is 0.241. The van der Waals surface area contributed by atoms with Crippen molar-refractivity contribution in [3.05, 3.63) is 77.9 Å². The Labute approximate surface area is 194 Å². The largest absolute Gasteiger partial charge is 0.379 e. The topological polar surface area (TPSA) is 61.9 Å². The molecule has 2 aliphatic rings. The van der Waals surface area contributed by atoms with Crippen molar-refractivity contribution in [1.82, 2.24) is 10.2 Å². The SMILES string of the molecule is O=C(NCc1ccccc1CN1CCOCC1)C1CC(=O)N(c2cccc3ccccc23)C1. The van der Waals surface area contributed by atoms with Crippen LogP contribution >= 0.6 is 0 Å².